The van der Waals surface area contributed by atoms with E-state index in [0.717, 1.165) is 29.7 Å². The molecule has 0 unspecified atom stereocenters. The fourth-order valence-electron chi connectivity index (χ4n) is 1.79. The normalized spacial score (nSPS) is 14.4. The first-order chi connectivity index (χ1) is 9.22. The van der Waals surface area contributed by atoms with Crippen LogP contribution in [0.5, 0.6) is 11.5 Å². The highest BCUT2D eigenvalue weighted by Gasteiger charge is 2.21. The summed E-state index contributed by atoms with van der Waals surface area (Å²) in [5.74, 6) is 2.54. The van der Waals surface area contributed by atoms with E-state index >= 15 is 0 Å². The van der Waals surface area contributed by atoms with E-state index < -0.39 is 0 Å². The maximum atomic E-state index is 9.79. The van der Waals surface area contributed by atoms with Gasteiger partial charge in [0, 0.05) is 25.7 Å². The standard InChI is InChI=1S/C14H21N3O2.HI/c1-15-14(16-8-10-3-4-10)17-9-11-7-12(19-2)5-6-13(11)18;/h5-7,10,18H,3-4,8-9H2,1-2H3,(H2,15,16,17);1H. The van der Waals surface area contributed by atoms with Gasteiger partial charge < -0.3 is 20.5 Å². The van der Waals surface area contributed by atoms with Gasteiger partial charge in [0.15, 0.2) is 5.96 Å². The number of hydrogen-bond donors (Lipinski definition) is 3. The van der Waals surface area contributed by atoms with Crippen LogP contribution in [0.15, 0.2) is 23.2 Å². The third-order valence-corrected chi connectivity index (χ3v) is 3.21. The molecule has 1 fully saturated rings. The minimum atomic E-state index is 0. The molecule has 20 heavy (non-hydrogen) atoms. The molecule has 0 amide bonds. The topological polar surface area (TPSA) is 65.9 Å². The summed E-state index contributed by atoms with van der Waals surface area (Å²) in [4.78, 5) is 4.16. The first-order valence-corrected chi connectivity index (χ1v) is 6.53. The van der Waals surface area contributed by atoms with E-state index in [-0.39, 0.29) is 29.7 Å². The number of phenolic OH excluding ortho intramolecular Hbond substituents is 1. The number of hydrogen-bond acceptors (Lipinski definition) is 3. The minimum Gasteiger partial charge on any atom is -0.508 e. The Morgan fingerprint density at radius 1 is 1.40 bits per heavy atom. The number of rotatable bonds is 5. The van der Waals surface area contributed by atoms with Crippen LogP contribution < -0.4 is 15.4 Å². The molecule has 6 heteroatoms. The van der Waals surface area contributed by atoms with Gasteiger partial charge in [-0.3, -0.25) is 4.99 Å². The molecule has 1 aliphatic carbocycles. The smallest absolute Gasteiger partial charge is 0.191 e. The van der Waals surface area contributed by atoms with Gasteiger partial charge in [-0.25, -0.2) is 0 Å². The van der Waals surface area contributed by atoms with Crippen LogP contribution >= 0.6 is 24.0 Å². The molecule has 0 heterocycles. The highest BCUT2D eigenvalue weighted by atomic mass is 127. The average Bonchev–Trinajstić information content (AvgIpc) is 3.25. The number of benzene rings is 1. The molecule has 5 nitrogen and oxygen atoms in total. The number of ether oxygens (including phenoxy) is 1. The van der Waals surface area contributed by atoms with Crippen molar-refractivity contribution in [2.24, 2.45) is 10.9 Å². The van der Waals surface area contributed by atoms with Crippen molar-refractivity contribution in [1.82, 2.24) is 10.6 Å². The van der Waals surface area contributed by atoms with Gasteiger partial charge in [0.25, 0.3) is 0 Å². The van der Waals surface area contributed by atoms with Crippen molar-refractivity contribution in [2.45, 2.75) is 19.4 Å². The molecular formula is C14H22IN3O2. The summed E-state index contributed by atoms with van der Waals surface area (Å²) in [6, 6.07) is 5.19. The van der Waals surface area contributed by atoms with E-state index in [9.17, 15) is 5.11 Å². The van der Waals surface area contributed by atoms with Crippen LogP contribution in [-0.2, 0) is 6.54 Å². The maximum Gasteiger partial charge on any atom is 0.191 e. The molecule has 1 aromatic carbocycles. The summed E-state index contributed by atoms with van der Waals surface area (Å²) in [5, 5.41) is 16.2. The SMILES string of the molecule is CN=C(NCc1cc(OC)ccc1O)NCC1CC1.I. The van der Waals surface area contributed by atoms with Gasteiger partial charge in [-0.15, -0.1) is 24.0 Å². The number of methoxy groups -OCH3 is 1. The Bertz CT molecular complexity index is 462. The molecule has 1 saturated carbocycles. The van der Waals surface area contributed by atoms with E-state index in [4.69, 9.17) is 4.74 Å². The molecule has 0 spiro atoms. The van der Waals surface area contributed by atoms with Gasteiger partial charge in [0.05, 0.1) is 7.11 Å². The number of aromatic hydroxyl groups is 1. The number of guanidine groups is 1. The third kappa shape index (κ3) is 5.07. The van der Waals surface area contributed by atoms with Crippen LogP contribution in [0.1, 0.15) is 18.4 Å². The van der Waals surface area contributed by atoms with Gasteiger partial charge in [0.2, 0.25) is 0 Å². The van der Waals surface area contributed by atoms with Crippen molar-refractivity contribution in [3.63, 3.8) is 0 Å². The summed E-state index contributed by atoms with van der Waals surface area (Å²) in [5.41, 5.74) is 0.786. The number of phenols is 1. The molecule has 112 valence electrons. The van der Waals surface area contributed by atoms with Gasteiger partial charge in [0.1, 0.15) is 11.5 Å². The molecule has 2 rings (SSSR count). The second-order valence-corrected chi connectivity index (χ2v) is 4.74. The summed E-state index contributed by atoms with van der Waals surface area (Å²) in [7, 11) is 3.35. The van der Waals surface area contributed by atoms with Crippen LogP contribution in [0.4, 0.5) is 0 Å². The molecule has 0 aromatic heterocycles. The zero-order valence-corrected chi connectivity index (χ0v) is 14.2. The molecule has 1 aromatic rings. The highest BCUT2D eigenvalue weighted by Crippen LogP contribution is 2.27. The molecule has 0 aliphatic heterocycles. The first kappa shape index (κ1) is 16.9. The van der Waals surface area contributed by atoms with E-state index in [0.29, 0.717) is 6.54 Å². The van der Waals surface area contributed by atoms with Crippen molar-refractivity contribution >= 4 is 29.9 Å². The van der Waals surface area contributed by atoms with Gasteiger partial charge in [-0.2, -0.15) is 0 Å². The first-order valence-electron chi connectivity index (χ1n) is 6.53. The molecule has 0 radical (unpaired) electrons. The quantitative estimate of drug-likeness (QED) is 0.409. The van der Waals surface area contributed by atoms with Crippen molar-refractivity contribution in [3.8, 4) is 11.5 Å². The number of nitrogens with one attached hydrogen (secondary N) is 2. The Labute approximate surface area is 136 Å². The number of halogens is 1. The largest absolute Gasteiger partial charge is 0.508 e. The van der Waals surface area contributed by atoms with Crippen molar-refractivity contribution in [1.29, 1.82) is 0 Å². The lowest BCUT2D eigenvalue weighted by molar-refractivity contribution is 0.410. The van der Waals surface area contributed by atoms with Crippen LogP contribution in [0.25, 0.3) is 0 Å². The Kier molecular flexibility index (Phi) is 6.90. The zero-order valence-electron chi connectivity index (χ0n) is 11.8. The van der Waals surface area contributed by atoms with Crippen molar-refractivity contribution in [3.05, 3.63) is 23.8 Å². The maximum absolute atomic E-state index is 9.79. The molecule has 3 N–H and O–H groups in total. The number of nitrogens with zero attached hydrogens (tertiary/aromatic N) is 1. The van der Waals surface area contributed by atoms with Gasteiger partial charge >= 0.3 is 0 Å². The van der Waals surface area contributed by atoms with E-state index in [1.54, 1.807) is 26.3 Å². The summed E-state index contributed by atoms with van der Waals surface area (Å²) < 4.78 is 5.15. The predicted molar refractivity (Wildman–Crippen MR) is 91.0 cm³/mol. The van der Waals surface area contributed by atoms with Crippen molar-refractivity contribution in [2.75, 3.05) is 20.7 Å². The Morgan fingerprint density at radius 3 is 2.75 bits per heavy atom. The van der Waals surface area contributed by atoms with Crippen LogP contribution in [0, 0.1) is 5.92 Å². The fraction of sp³-hybridized carbons (Fsp3) is 0.500. The molecule has 0 bridgehead atoms. The lowest BCUT2D eigenvalue weighted by Gasteiger charge is -2.13. The van der Waals surface area contributed by atoms with Crippen LogP contribution in [0.2, 0.25) is 0 Å². The predicted octanol–water partition coefficient (Wildman–Crippen LogP) is 2.09. The Balaban J connectivity index is 0.00000200. The van der Waals surface area contributed by atoms with Gasteiger partial charge in [-0.1, -0.05) is 0 Å². The lowest BCUT2D eigenvalue weighted by atomic mass is 10.2. The fourth-order valence-corrected chi connectivity index (χ4v) is 1.79. The molecule has 1 aliphatic rings. The minimum absolute atomic E-state index is 0. The second-order valence-electron chi connectivity index (χ2n) is 4.74. The van der Waals surface area contributed by atoms with E-state index in [1.165, 1.54) is 12.8 Å². The summed E-state index contributed by atoms with van der Waals surface area (Å²) in [6.45, 7) is 1.47. The molecule has 0 saturated heterocycles. The number of aliphatic imine (C=N–C) groups is 1. The van der Waals surface area contributed by atoms with E-state index in [1.807, 2.05) is 6.07 Å². The van der Waals surface area contributed by atoms with Crippen LogP contribution in [-0.4, -0.2) is 31.8 Å². The third-order valence-electron chi connectivity index (χ3n) is 3.21. The average molecular weight is 391 g/mol. The molecular weight excluding hydrogens is 369 g/mol. The Morgan fingerprint density at radius 2 is 2.15 bits per heavy atom. The van der Waals surface area contributed by atoms with E-state index in [2.05, 4.69) is 15.6 Å². The van der Waals surface area contributed by atoms with Crippen molar-refractivity contribution < 1.29 is 9.84 Å². The van der Waals surface area contributed by atoms with Gasteiger partial charge in [-0.05, 0) is 37.0 Å². The zero-order chi connectivity index (χ0) is 13.7. The lowest BCUT2D eigenvalue weighted by Crippen LogP contribution is -2.37. The Hall–Kier alpha value is -1.18. The van der Waals surface area contributed by atoms with Crippen LogP contribution in [0.3, 0.4) is 0 Å². The highest BCUT2D eigenvalue weighted by molar-refractivity contribution is 14.0. The summed E-state index contributed by atoms with van der Waals surface area (Å²) >= 11 is 0. The molecule has 0 atom stereocenters. The summed E-state index contributed by atoms with van der Waals surface area (Å²) in [6.07, 6.45) is 2.61. The second kappa shape index (κ2) is 8.18. The monoisotopic (exact) mass is 391 g/mol.